The Morgan fingerprint density at radius 3 is 2.82 bits per heavy atom. The summed E-state index contributed by atoms with van der Waals surface area (Å²) in [6.07, 6.45) is 0. The average molecular weight is 241 g/mol. The van der Waals surface area contributed by atoms with Gasteiger partial charge in [0, 0.05) is 7.05 Å². The SMILES string of the molecule is CN(C/C(N)=N/O)C(=O)c1cc(F)ccc1O. The molecule has 6 nitrogen and oxygen atoms in total. The van der Waals surface area contributed by atoms with Gasteiger partial charge in [-0.3, -0.25) is 4.79 Å². The van der Waals surface area contributed by atoms with Gasteiger partial charge < -0.3 is 20.9 Å². The van der Waals surface area contributed by atoms with Crippen molar-refractivity contribution in [3.63, 3.8) is 0 Å². The summed E-state index contributed by atoms with van der Waals surface area (Å²) in [5, 5.41) is 20.5. The number of aromatic hydroxyl groups is 1. The summed E-state index contributed by atoms with van der Waals surface area (Å²) in [6, 6.07) is 3.04. The number of amidine groups is 1. The van der Waals surface area contributed by atoms with Crippen LogP contribution in [0, 0.1) is 5.82 Å². The summed E-state index contributed by atoms with van der Waals surface area (Å²) in [5.41, 5.74) is 5.05. The van der Waals surface area contributed by atoms with E-state index in [9.17, 15) is 14.3 Å². The maximum absolute atomic E-state index is 12.9. The van der Waals surface area contributed by atoms with Crippen LogP contribution in [0.5, 0.6) is 5.75 Å². The minimum atomic E-state index is -0.636. The zero-order valence-electron chi connectivity index (χ0n) is 9.09. The van der Waals surface area contributed by atoms with Crippen LogP contribution in [-0.4, -0.2) is 40.5 Å². The fourth-order valence-electron chi connectivity index (χ4n) is 1.23. The highest BCUT2D eigenvalue weighted by Gasteiger charge is 2.17. The largest absolute Gasteiger partial charge is 0.507 e. The van der Waals surface area contributed by atoms with Crippen molar-refractivity contribution in [2.24, 2.45) is 10.9 Å². The number of benzene rings is 1. The lowest BCUT2D eigenvalue weighted by atomic mass is 10.1. The first-order valence-corrected chi connectivity index (χ1v) is 4.66. The lowest BCUT2D eigenvalue weighted by molar-refractivity contribution is 0.0810. The summed E-state index contributed by atoms with van der Waals surface area (Å²) < 4.78 is 12.9. The number of hydrogen-bond acceptors (Lipinski definition) is 4. The molecule has 0 aliphatic carbocycles. The van der Waals surface area contributed by atoms with Crippen molar-refractivity contribution in [1.29, 1.82) is 0 Å². The normalized spacial score (nSPS) is 11.3. The Morgan fingerprint density at radius 1 is 1.59 bits per heavy atom. The van der Waals surface area contributed by atoms with Crippen LogP contribution < -0.4 is 5.73 Å². The van der Waals surface area contributed by atoms with E-state index in [2.05, 4.69) is 5.16 Å². The summed E-state index contributed by atoms with van der Waals surface area (Å²) in [7, 11) is 1.38. The molecule has 0 atom stereocenters. The molecule has 0 fully saturated rings. The van der Waals surface area contributed by atoms with Gasteiger partial charge in [-0.1, -0.05) is 5.16 Å². The third-order valence-electron chi connectivity index (χ3n) is 2.06. The highest BCUT2D eigenvalue weighted by atomic mass is 19.1. The van der Waals surface area contributed by atoms with Crippen molar-refractivity contribution in [1.82, 2.24) is 4.90 Å². The first kappa shape index (κ1) is 12.8. The molecule has 0 saturated heterocycles. The zero-order chi connectivity index (χ0) is 13.0. The molecular formula is C10H12FN3O3. The van der Waals surface area contributed by atoms with Gasteiger partial charge in [0.2, 0.25) is 0 Å². The Bertz CT molecular complexity index is 462. The molecule has 0 heterocycles. The van der Waals surface area contributed by atoms with Gasteiger partial charge >= 0.3 is 0 Å². The number of halogens is 1. The Kier molecular flexibility index (Phi) is 3.86. The van der Waals surface area contributed by atoms with E-state index in [4.69, 9.17) is 10.9 Å². The molecule has 0 bridgehead atoms. The molecule has 0 saturated carbocycles. The van der Waals surface area contributed by atoms with E-state index in [-0.39, 0.29) is 23.7 Å². The number of hydrogen-bond donors (Lipinski definition) is 3. The number of carbonyl (C=O) groups is 1. The standard InChI is InChI=1S/C10H12FN3O3/c1-14(5-9(12)13-17)10(16)7-4-6(11)2-3-8(7)15/h2-4,15,17H,5H2,1H3,(H2,12,13). The Balaban J connectivity index is 2.92. The first-order chi connectivity index (χ1) is 7.95. The Morgan fingerprint density at radius 2 is 2.24 bits per heavy atom. The van der Waals surface area contributed by atoms with Crippen LogP contribution in [0.4, 0.5) is 4.39 Å². The third-order valence-corrected chi connectivity index (χ3v) is 2.06. The predicted octanol–water partition coefficient (Wildman–Crippen LogP) is 0.350. The second-order valence-corrected chi connectivity index (χ2v) is 3.41. The monoisotopic (exact) mass is 241 g/mol. The number of nitrogens with zero attached hydrogens (tertiary/aromatic N) is 2. The number of carbonyl (C=O) groups excluding carboxylic acids is 1. The summed E-state index contributed by atoms with van der Waals surface area (Å²) in [5.74, 6) is -1.77. The van der Waals surface area contributed by atoms with E-state index >= 15 is 0 Å². The van der Waals surface area contributed by atoms with Gasteiger partial charge in [0.05, 0.1) is 12.1 Å². The van der Waals surface area contributed by atoms with E-state index in [1.807, 2.05) is 0 Å². The van der Waals surface area contributed by atoms with Crippen LogP contribution in [-0.2, 0) is 0 Å². The van der Waals surface area contributed by atoms with Gasteiger partial charge in [-0.05, 0) is 18.2 Å². The maximum atomic E-state index is 12.9. The van der Waals surface area contributed by atoms with Crippen molar-refractivity contribution in [2.75, 3.05) is 13.6 Å². The number of likely N-dealkylation sites (N-methyl/N-ethyl adjacent to an activating group) is 1. The topological polar surface area (TPSA) is 99.1 Å². The average Bonchev–Trinajstić information content (AvgIpc) is 2.31. The minimum absolute atomic E-state index is 0.134. The van der Waals surface area contributed by atoms with Crippen molar-refractivity contribution in [3.8, 4) is 5.75 Å². The Hall–Kier alpha value is -2.31. The molecule has 1 amide bonds. The van der Waals surface area contributed by atoms with E-state index in [1.54, 1.807) is 0 Å². The van der Waals surface area contributed by atoms with Crippen LogP contribution in [0.3, 0.4) is 0 Å². The van der Waals surface area contributed by atoms with Crippen LogP contribution in [0.2, 0.25) is 0 Å². The van der Waals surface area contributed by atoms with Gasteiger partial charge in [0.1, 0.15) is 11.6 Å². The number of phenolic OH excluding ortho intramolecular Hbond substituents is 1. The van der Waals surface area contributed by atoms with Gasteiger partial charge in [-0.25, -0.2) is 4.39 Å². The summed E-state index contributed by atoms with van der Waals surface area (Å²) in [6.45, 7) is -0.134. The van der Waals surface area contributed by atoms with Crippen LogP contribution in [0.15, 0.2) is 23.4 Å². The Labute approximate surface area is 96.8 Å². The van der Waals surface area contributed by atoms with Crippen molar-refractivity contribution >= 4 is 11.7 Å². The number of nitrogens with two attached hydrogens (primary N) is 1. The highest BCUT2D eigenvalue weighted by Crippen LogP contribution is 2.19. The number of oxime groups is 1. The molecular weight excluding hydrogens is 229 g/mol. The minimum Gasteiger partial charge on any atom is -0.507 e. The second-order valence-electron chi connectivity index (χ2n) is 3.41. The van der Waals surface area contributed by atoms with Gasteiger partial charge in [0.25, 0.3) is 5.91 Å². The van der Waals surface area contributed by atoms with E-state index in [0.717, 1.165) is 23.1 Å². The quantitative estimate of drug-likeness (QED) is 0.308. The smallest absolute Gasteiger partial charge is 0.257 e. The summed E-state index contributed by atoms with van der Waals surface area (Å²) >= 11 is 0. The molecule has 1 rings (SSSR count). The van der Waals surface area contributed by atoms with Crippen LogP contribution in [0.25, 0.3) is 0 Å². The van der Waals surface area contributed by atoms with E-state index in [0.29, 0.717) is 0 Å². The van der Waals surface area contributed by atoms with E-state index < -0.39 is 11.7 Å². The number of amides is 1. The van der Waals surface area contributed by atoms with Crippen molar-refractivity contribution in [3.05, 3.63) is 29.6 Å². The van der Waals surface area contributed by atoms with E-state index in [1.165, 1.54) is 7.05 Å². The highest BCUT2D eigenvalue weighted by molar-refractivity contribution is 5.98. The summed E-state index contributed by atoms with van der Waals surface area (Å²) in [4.78, 5) is 12.9. The van der Waals surface area contributed by atoms with Crippen LogP contribution in [0.1, 0.15) is 10.4 Å². The molecule has 7 heteroatoms. The molecule has 0 aromatic heterocycles. The van der Waals surface area contributed by atoms with Gasteiger partial charge in [-0.15, -0.1) is 0 Å². The second kappa shape index (κ2) is 5.15. The van der Waals surface area contributed by atoms with Crippen molar-refractivity contribution in [2.45, 2.75) is 0 Å². The molecule has 1 aromatic rings. The molecule has 1 aromatic carbocycles. The lowest BCUT2D eigenvalue weighted by Gasteiger charge is -2.16. The predicted molar refractivity (Wildman–Crippen MR) is 58.4 cm³/mol. The molecule has 17 heavy (non-hydrogen) atoms. The number of rotatable bonds is 3. The zero-order valence-corrected chi connectivity index (χ0v) is 9.09. The molecule has 0 unspecified atom stereocenters. The number of phenols is 1. The lowest BCUT2D eigenvalue weighted by Crippen LogP contribution is -2.35. The first-order valence-electron chi connectivity index (χ1n) is 4.66. The van der Waals surface area contributed by atoms with Crippen LogP contribution >= 0.6 is 0 Å². The van der Waals surface area contributed by atoms with Gasteiger partial charge in [0.15, 0.2) is 5.84 Å². The molecule has 92 valence electrons. The molecule has 0 aliphatic rings. The molecule has 0 aliphatic heterocycles. The fourth-order valence-corrected chi connectivity index (χ4v) is 1.23. The third kappa shape index (κ3) is 3.07. The molecule has 0 radical (unpaired) electrons. The van der Waals surface area contributed by atoms with Crippen molar-refractivity contribution < 1.29 is 19.5 Å². The maximum Gasteiger partial charge on any atom is 0.257 e. The molecule has 4 N–H and O–H groups in total. The molecule has 0 spiro atoms. The van der Waals surface area contributed by atoms with Gasteiger partial charge in [-0.2, -0.15) is 0 Å². The fraction of sp³-hybridized carbons (Fsp3) is 0.200.